The molecule has 0 radical (unpaired) electrons. The van der Waals surface area contributed by atoms with Crippen molar-refractivity contribution >= 4 is 33.3 Å². The van der Waals surface area contributed by atoms with E-state index >= 15 is 0 Å². The highest BCUT2D eigenvalue weighted by molar-refractivity contribution is 6.06. The van der Waals surface area contributed by atoms with Gasteiger partial charge in [0.05, 0.1) is 6.04 Å². The molecule has 0 fully saturated rings. The van der Waals surface area contributed by atoms with Gasteiger partial charge in [-0.3, -0.25) is 0 Å². The second-order valence-corrected chi connectivity index (χ2v) is 13.7. The van der Waals surface area contributed by atoms with Crippen LogP contribution >= 0.6 is 0 Å². The zero-order valence-corrected chi connectivity index (χ0v) is 28.1. The number of allylic oxidation sites excluding steroid dienone is 2. The Balaban J connectivity index is 1.10. The summed E-state index contributed by atoms with van der Waals surface area (Å²) in [5.41, 5.74) is 15.8. The third kappa shape index (κ3) is 5.19. The standard InChI is InChI=1S/C49H35NO/c1-3-12-33(13-4-1)35-17-11-18-40(29-35)50(41-24-25-43-39(30-41)28-37-16-7-8-19-42(37)43)47-21-10-9-20-44(47)38-23-27-49-46(32-38)45-31-36(22-26-48(45)51-49)34-14-5-2-6-15-34/h1-27,29-32,44,47H,28H2. The molecule has 2 nitrogen and oxygen atoms in total. The molecule has 51 heavy (non-hydrogen) atoms. The van der Waals surface area contributed by atoms with Gasteiger partial charge in [-0.25, -0.2) is 0 Å². The Hall–Kier alpha value is -6.38. The lowest BCUT2D eigenvalue weighted by Gasteiger charge is -2.38. The molecule has 7 aromatic carbocycles. The number of furan rings is 1. The maximum Gasteiger partial charge on any atom is 0.135 e. The fraction of sp³-hybridized carbons (Fsp3) is 0.0612. The molecule has 1 heterocycles. The van der Waals surface area contributed by atoms with E-state index in [0.29, 0.717) is 0 Å². The number of anilines is 2. The number of hydrogen-bond acceptors (Lipinski definition) is 2. The van der Waals surface area contributed by atoms with E-state index in [4.69, 9.17) is 4.42 Å². The Morgan fingerprint density at radius 1 is 0.451 bits per heavy atom. The average Bonchev–Trinajstić information content (AvgIpc) is 3.76. The van der Waals surface area contributed by atoms with Crippen LogP contribution in [0.4, 0.5) is 11.4 Å². The van der Waals surface area contributed by atoms with Crippen molar-refractivity contribution in [3.05, 3.63) is 205 Å². The predicted octanol–water partition coefficient (Wildman–Crippen LogP) is 12.9. The van der Waals surface area contributed by atoms with Crippen LogP contribution in [0.15, 0.2) is 193 Å². The fourth-order valence-electron chi connectivity index (χ4n) is 8.20. The molecule has 8 aromatic rings. The van der Waals surface area contributed by atoms with Gasteiger partial charge in [-0.05, 0) is 105 Å². The van der Waals surface area contributed by atoms with Crippen LogP contribution in [-0.2, 0) is 6.42 Å². The molecule has 0 spiro atoms. The summed E-state index contributed by atoms with van der Waals surface area (Å²) in [4.78, 5) is 2.55. The van der Waals surface area contributed by atoms with Crippen molar-refractivity contribution in [2.24, 2.45) is 0 Å². The third-order valence-corrected chi connectivity index (χ3v) is 10.7. The van der Waals surface area contributed by atoms with Crippen molar-refractivity contribution in [2.75, 3.05) is 4.90 Å². The lowest BCUT2D eigenvalue weighted by atomic mass is 9.85. The SMILES string of the molecule is C1=CC(c2ccc3oc4ccc(-c5ccccc5)cc4c3c2)C(N(c2cccc(-c3ccccc3)c2)c2ccc3c(c2)Cc2ccccc2-3)C=C1. The molecule has 0 aliphatic heterocycles. The first-order valence-electron chi connectivity index (χ1n) is 17.8. The van der Waals surface area contributed by atoms with Crippen LogP contribution < -0.4 is 4.90 Å². The van der Waals surface area contributed by atoms with E-state index in [1.54, 1.807) is 0 Å². The molecule has 0 N–H and O–H groups in total. The monoisotopic (exact) mass is 653 g/mol. The molecule has 2 aliphatic rings. The Kier molecular flexibility index (Phi) is 7.06. The molecule has 0 saturated carbocycles. The van der Waals surface area contributed by atoms with Gasteiger partial charge < -0.3 is 9.32 Å². The van der Waals surface area contributed by atoms with Gasteiger partial charge in [0.1, 0.15) is 11.2 Å². The normalized spacial score (nSPS) is 16.0. The molecule has 2 aliphatic carbocycles. The molecule has 10 rings (SSSR count). The quantitative estimate of drug-likeness (QED) is 0.178. The van der Waals surface area contributed by atoms with Gasteiger partial charge in [0.25, 0.3) is 0 Å². The Morgan fingerprint density at radius 3 is 1.92 bits per heavy atom. The minimum absolute atomic E-state index is 0.0401. The van der Waals surface area contributed by atoms with Crippen molar-refractivity contribution in [1.29, 1.82) is 0 Å². The Bertz CT molecular complexity index is 2630. The number of nitrogens with zero attached hydrogens (tertiary/aromatic N) is 1. The molecule has 1 aromatic heterocycles. The van der Waals surface area contributed by atoms with Gasteiger partial charge in [-0.15, -0.1) is 0 Å². The van der Waals surface area contributed by atoms with Gasteiger partial charge in [-0.2, -0.15) is 0 Å². The van der Waals surface area contributed by atoms with Crippen LogP contribution in [0.2, 0.25) is 0 Å². The Labute approximate surface area is 298 Å². The molecular weight excluding hydrogens is 619 g/mol. The van der Waals surface area contributed by atoms with Crippen molar-refractivity contribution in [2.45, 2.75) is 18.4 Å². The van der Waals surface area contributed by atoms with Crippen LogP contribution in [0.5, 0.6) is 0 Å². The minimum Gasteiger partial charge on any atom is -0.456 e. The van der Waals surface area contributed by atoms with Crippen LogP contribution in [0.25, 0.3) is 55.3 Å². The molecular formula is C49H35NO. The molecule has 0 amide bonds. The smallest absolute Gasteiger partial charge is 0.135 e. The molecule has 0 bridgehead atoms. The largest absolute Gasteiger partial charge is 0.456 e. The van der Waals surface area contributed by atoms with Crippen molar-refractivity contribution in [3.8, 4) is 33.4 Å². The lowest BCUT2D eigenvalue weighted by Crippen LogP contribution is -2.35. The molecule has 0 saturated heterocycles. The first kappa shape index (κ1) is 29.5. The summed E-state index contributed by atoms with van der Waals surface area (Å²) in [6.07, 6.45) is 10.1. The van der Waals surface area contributed by atoms with Crippen LogP contribution in [0, 0.1) is 0 Å². The summed E-state index contributed by atoms with van der Waals surface area (Å²) in [5, 5.41) is 2.29. The highest BCUT2D eigenvalue weighted by Crippen LogP contribution is 2.44. The summed E-state index contributed by atoms with van der Waals surface area (Å²) < 4.78 is 6.38. The van der Waals surface area contributed by atoms with Gasteiger partial charge in [0.2, 0.25) is 0 Å². The maximum absolute atomic E-state index is 6.38. The van der Waals surface area contributed by atoms with Crippen molar-refractivity contribution in [3.63, 3.8) is 0 Å². The number of fused-ring (bicyclic) bond motifs is 6. The van der Waals surface area contributed by atoms with Gasteiger partial charge >= 0.3 is 0 Å². The zero-order chi connectivity index (χ0) is 33.7. The van der Waals surface area contributed by atoms with E-state index in [0.717, 1.165) is 28.4 Å². The van der Waals surface area contributed by atoms with E-state index in [9.17, 15) is 0 Å². The average molecular weight is 654 g/mol. The van der Waals surface area contributed by atoms with Gasteiger partial charge in [-0.1, -0.05) is 140 Å². The number of rotatable bonds is 6. The molecule has 242 valence electrons. The van der Waals surface area contributed by atoms with Crippen molar-refractivity contribution < 1.29 is 4.42 Å². The van der Waals surface area contributed by atoms with E-state index in [-0.39, 0.29) is 12.0 Å². The summed E-state index contributed by atoms with van der Waals surface area (Å²) in [7, 11) is 0. The summed E-state index contributed by atoms with van der Waals surface area (Å²) in [6.45, 7) is 0. The molecule has 2 heteroatoms. The first-order valence-corrected chi connectivity index (χ1v) is 17.8. The minimum atomic E-state index is 0.0401. The van der Waals surface area contributed by atoms with E-state index < -0.39 is 0 Å². The lowest BCUT2D eigenvalue weighted by molar-refractivity contribution is 0.667. The first-order chi connectivity index (χ1) is 25.3. The second-order valence-electron chi connectivity index (χ2n) is 13.7. The van der Waals surface area contributed by atoms with E-state index in [2.05, 4.69) is 193 Å². The fourth-order valence-corrected chi connectivity index (χ4v) is 8.20. The predicted molar refractivity (Wildman–Crippen MR) is 213 cm³/mol. The topological polar surface area (TPSA) is 16.4 Å². The van der Waals surface area contributed by atoms with E-state index in [1.807, 2.05) is 0 Å². The summed E-state index contributed by atoms with van der Waals surface area (Å²) in [5.74, 6) is 0.104. The highest BCUT2D eigenvalue weighted by atomic mass is 16.3. The van der Waals surface area contributed by atoms with Crippen LogP contribution in [0.1, 0.15) is 22.6 Å². The maximum atomic E-state index is 6.38. The Morgan fingerprint density at radius 2 is 1.10 bits per heavy atom. The zero-order valence-electron chi connectivity index (χ0n) is 28.1. The highest BCUT2D eigenvalue weighted by Gasteiger charge is 2.30. The number of hydrogen-bond donors (Lipinski definition) is 0. The van der Waals surface area contributed by atoms with Crippen LogP contribution in [0.3, 0.4) is 0 Å². The van der Waals surface area contributed by atoms with Gasteiger partial charge in [0.15, 0.2) is 0 Å². The summed E-state index contributed by atoms with van der Waals surface area (Å²) >= 11 is 0. The third-order valence-electron chi connectivity index (χ3n) is 10.7. The van der Waals surface area contributed by atoms with Crippen LogP contribution in [-0.4, -0.2) is 6.04 Å². The number of benzene rings is 7. The second kappa shape index (κ2) is 12.2. The van der Waals surface area contributed by atoms with E-state index in [1.165, 1.54) is 61.4 Å². The van der Waals surface area contributed by atoms with Crippen molar-refractivity contribution in [1.82, 2.24) is 0 Å². The van der Waals surface area contributed by atoms with Gasteiger partial charge in [0, 0.05) is 28.1 Å². The molecule has 2 atom stereocenters. The summed E-state index contributed by atoms with van der Waals surface area (Å²) in [6, 6.07) is 59.5. The molecule has 2 unspecified atom stereocenters.